The van der Waals surface area contributed by atoms with Gasteiger partial charge in [0.15, 0.2) is 0 Å². The van der Waals surface area contributed by atoms with E-state index in [1.54, 1.807) is 11.3 Å². The van der Waals surface area contributed by atoms with Crippen LogP contribution in [0.25, 0.3) is 10.2 Å². The van der Waals surface area contributed by atoms with Gasteiger partial charge in [-0.25, -0.2) is 4.98 Å². The Balaban J connectivity index is 0.000000847. The molecule has 2 unspecified atom stereocenters. The SMILES string of the molecule is C=C1C=C(CC(N)c2nc3ccccc3s2)C=CC1C.CC. The molecule has 116 valence electrons. The summed E-state index contributed by atoms with van der Waals surface area (Å²) in [7, 11) is 0. The first-order valence-electron chi connectivity index (χ1n) is 7.82. The number of thiazole rings is 1. The van der Waals surface area contributed by atoms with E-state index in [4.69, 9.17) is 5.73 Å². The van der Waals surface area contributed by atoms with Crippen molar-refractivity contribution < 1.29 is 0 Å². The number of allylic oxidation sites excluding steroid dienone is 4. The van der Waals surface area contributed by atoms with Gasteiger partial charge in [-0.05, 0) is 35.6 Å². The van der Waals surface area contributed by atoms with Crippen molar-refractivity contribution in [3.8, 4) is 0 Å². The molecule has 2 N–H and O–H groups in total. The first-order valence-corrected chi connectivity index (χ1v) is 8.64. The summed E-state index contributed by atoms with van der Waals surface area (Å²) >= 11 is 1.69. The normalized spacial score (nSPS) is 18.6. The van der Waals surface area contributed by atoms with Crippen molar-refractivity contribution in [2.24, 2.45) is 11.7 Å². The summed E-state index contributed by atoms with van der Waals surface area (Å²) in [5, 5.41) is 1.00. The van der Waals surface area contributed by atoms with Crippen molar-refractivity contribution >= 4 is 21.6 Å². The molecule has 3 rings (SSSR count). The number of para-hydroxylation sites is 1. The molecule has 2 nitrogen and oxygen atoms in total. The van der Waals surface area contributed by atoms with Crippen molar-refractivity contribution in [1.29, 1.82) is 0 Å². The van der Waals surface area contributed by atoms with Gasteiger partial charge in [0.05, 0.1) is 16.3 Å². The van der Waals surface area contributed by atoms with Crippen molar-refractivity contribution in [3.05, 3.63) is 65.2 Å². The van der Waals surface area contributed by atoms with Gasteiger partial charge in [-0.15, -0.1) is 11.3 Å². The van der Waals surface area contributed by atoms with E-state index in [1.165, 1.54) is 10.3 Å². The second-order valence-corrected chi connectivity index (χ2v) is 6.33. The fourth-order valence-electron chi connectivity index (χ4n) is 2.33. The highest BCUT2D eigenvalue weighted by Crippen LogP contribution is 2.30. The molecule has 0 saturated carbocycles. The maximum absolute atomic E-state index is 6.31. The topological polar surface area (TPSA) is 38.9 Å². The molecule has 22 heavy (non-hydrogen) atoms. The molecule has 2 aromatic rings. The highest BCUT2D eigenvalue weighted by molar-refractivity contribution is 7.18. The third-order valence-electron chi connectivity index (χ3n) is 3.64. The molecular weight excluding hydrogens is 288 g/mol. The minimum absolute atomic E-state index is 0.0514. The number of hydrogen-bond donors (Lipinski definition) is 1. The second kappa shape index (κ2) is 7.52. The number of nitrogens with two attached hydrogens (primary N) is 1. The van der Waals surface area contributed by atoms with Crippen molar-refractivity contribution in [2.75, 3.05) is 0 Å². The zero-order valence-electron chi connectivity index (χ0n) is 13.5. The average molecular weight is 312 g/mol. The zero-order valence-corrected chi connectivity index (χ0v) is 14.4. The number of rotatable bonds is 3. The zero-order chi connectivity index (χ0) is 16.1. The van der Waals surface area contributed by atoms with Crippen molar-refractivity contribution in [3.63, 3.8) is 0 Å². The van der Waals surface area contributed by atoms with Crippen molar-refractivity contribution in [1.82, 2.24) is 4.98 Å². The van der Waals surface area contributed by atoms with Gasteiger partial charge in [0, 0.05) is 0 Å². The van der Waals surface area contributed by atoms with E-state index in [0.29, 0.717) is 5.92 Å². The molecule has 2 atom stereocenters. The lowest BCUT2D eigenvalue weighted by atomic mass is 9.91. The summed E-state index contributed by atoms with van der Waals surface area (Å²) in [5.74, 6) is 0.428. The number of hydrogen-bond acceptors (Lipinski definition) is 3. The molecule has 0 aliphatic heterocycles. The van der Waals surface area contributed by atoms with Crippen LogP contribution >= 0.6 is 11.3 Å². The third-order valence-corrected chi connectivity index (χ3v) is 4.81. The number of benzene rings is 1. The van der Waals surface area contributed by atoms with Gasteiger partial charge in [-0.2, -0.15) is 0 Å². The van der Waals surface area contributed by atoms with Crippen LogP contribution in [0.15, 0.2) is 60.2 Å². The van der Waals surface area contributed by atoms with Crippen LogP contribution in [-0.2, 0) is 0 Å². The van der Waals surface area contributed by atoms with E-state index in [1.807, 2.05) is 32.0 Å². The molecule has 1 aliphatic rings. The van der Waals surface area contributed by atoms with Crippen LogP contribution in [0.5, 0.6) is 0 Å². The van der Waals surface area contributed by atoms with E-state index in [9.17, 15) is 0 Å². The number of nitrogens with zero attached hydrogens (tertiary/aromatic N) is 1. The molecule has 1 aromatic carbocycles. The average Bonchev–Trinajstić information content (AvgIpc) is 2.97. The summed E-state index contributed by atoms with van der Waals surface area (Å²) in [5.41, 5.74) is 9.74. The number of aromatic nitrogens is 1. The highest BCUT2D eigenvalue weighted by atomic mass is 32.1. The third kappa shape index (κ3) is 3.73. The Kier molecular flexibility index (Phi) is 5.69. The van der Waals surface area contributed by atoms with Gasteiger partial charge in [-0.3, -0.25) is 0 Å². The molecule has 0 radical (unpaired) electrons. The number of fused-ring (bicyclic) bond motifs is 1. The lowest BCUT2D eigenvalue weighted by Crippen LogP contribution is -2.11. The Bertz CT molecular complexity index is 676. The molecule has 0 amide bonds. The molecule has 0 saturated heterocycles. The van der Waals surface area contributed by atoms with Crippen LogP contribution < -0.4 is 5.73 Å². The fraction of sp³-hybridized carbons (Fsp3) is 0.316. The van der Waals surface area contributed by atoms with Crippen LogP contribution in [-0.4, -0.2) is 4.98 Å². The van der Waals surface area contributed by atoms with Crippen LogP contribution in [0.4, 0.5) is 0 Å². The maximum Gasteiger partial charge on any atom is 0.111 e. The fourth-order valence-corrected chi connectivity index (χ4v) is 3.29. The van der Waals surface area contributed by atoms with Crippen LogP contribution in [0.1, 0.15) is 38.2 Å². The first kappa shape index (κ1) is 16.7. The smallest absolute Gasteiger partial charge is 0.111 e. The predicted octanol–water partition coefficient (Wildman–Crippen LogP) is 5.40. The Hall–Kier alpha value is -1.71. The summed E-state index contributed by atoms with van der Waals surface area (Å²) < 4.78 is 1.20. The predicted molar refractivity (Wildman–Crippen MR) is 98.0 cm³/mol. The van der Waals surface area contributed by atoms with Gasteiger partial charge in [0.2, 0.25) is 0 Å². The van der Waals surface area contributed by atoms with E-state index in [-0.39, 0.29) is 6.04 Å². The van der Waals surface area contributed by atoms with Crippen LogP contribution in [0, 0.1) is 5.92 Å². The lowest BCUT2D eigenvalue weighted by molar-refractivity contribution is 0.714. The standard InChI is InChI=1S/C17H18N2S.C2H6/c1-11-7-8-13(9-12(11)2)10-14(18)17-19-15-5-3-4-6-16(15)20-17;1-2/h3-9,11,14H,2,10,18H2,1H3;1-2H3. The molecule has 1 aromatic heterocycles. The van der Waals surface area contributed by atoms with Gasteiger partial charge in [-0.1, -0.05) is 57.7 Å². The Morgan fingerprint density at radius 1 is 1.32 bits per heavy atom. The van der Waals surface area contributed by atoms with E-state index < -0.39 is 0 Å². The summed E-state index contributed by atoms with van der Waals surface area (Å²) in [6, 6.07) is 8.12. The molecule has 0 spiro atoms. The quantitative estimate of drug-likeness (QED) is 0.824. The molecule has 3 heteroatoms. The highest BCUT2D eigenvalue weighted by Gasteiger charge is 2.15. The molecule has 0 fully saturated rings. The molecule has 1 aliphatic carbocycles. The van der Waals surface area contributed by atoms with E-state index in [0.717, 1.165) is 22.5 Å². The first-order chi connectivity index (χ1) is 10.6. The lowest BCUT2D eigenvalue weighted by Gasteiger charge is -2.16. The van der Waals surface area contributed by atoms with Gasteiger partial charge in [0.1, 0.15) is 5.01 Å². The summed E-state index contributed by atoms with van der Waals surface area (Å²) in [4.78, 5) is 4.63. The summed E-state index contributed by atoms with van der Waals surface area (Å²) in [6.45, 7) is 10.2. The van der Waals surface area contributed by atoms with Gasteiger partial charge in [0.25, 0.3) is 0 Å². The van der Waals surface area contributed by atoms with E-state index >= 15 is 0 Å². The van der Waals surface area contributed by atoms with Gasteiger partial charge < -0.3 is 5.73 Å². The van der Waals surface area contributed by atoms with Crippen LogP contribution in [0.2, 0.25) is 0 Å². The second-order valence-electron chi connectivity index (χ2n) is 5.27. The molecule has 1 heterocycles. The monoisotopic (exact) mass is 312 g/mol. The van der Waals surface area contributed by atoms with Crippen LogP contribution in [0.3, 0.4) is 0 Å². The van der Waals surface area contributed by atoms with E-state index in [2.05, 4.69) is 42.8 Å². The maximum atomic E-state index is 6.31. The molecular formula is C19H24N2S. The molecule has 0 bridgehead atoms. The minimum atomic E-state index is -0.0514. The Morgan fingerprint density at radius 3 is 2.73 bits per heavy atom. The largest absolute Gasteiger partial charge is 0.322 e. The van der Waals surface area contributed by atoms with Gasteiger partial charge >= 0.3 is 0 Å². The minimum Gasteiger partial charge on any atom is -0.322 e. The summed E-state index contributed by atoms with van der Waals surface area (Å²) in [6.07, 6.45) is 7.30. The Labute approximate surface area is 137 Å². The van der Waals surface area contributed by atoms with Crippen molar-refractivity contribution in [2.45, 2.75) is 33.2 Å². The Morgan fingerprint density at radius 2 is 2.05 bits per heavy atom.